The minimum Gasteiger partial charge on any atom is -0.481 e. The van der Waals surface area contributed by atoms with Gasteiger partial charge in [-0.1, -0.05) is 30.3 Å². The first kappa shape index (κ1) is 12.8. The second-order valence-electron chi connectivity index (χ2n) is 4.03. The number of aliphatic imine (C=N–C) groups is 1. The van der Waals surface area contributed by atoms with E-state index in [-0.39, 0.29) is 23.5 Å². The fourth-order valence-electron chi connectivity index (χ4n) is 1.72. The maximum atomic E-state index is 12.1. The fraction of sp³-hybridized carbons (Fsp3) is 0.308. The molecule has 4 nitrogen and oxygen atoms in total. The Hall–Kier alpha value is -1.62. The van der Waals surface area contributed by atoms with Gasteiger partial charge in [-0.05, 0) is 0 Å². The van der Waals surface area contributed by atoms with Crippen LogP contribution in [0.5, 0.6) is 0 Å². The number of aliphatic carboxylic acids is 1. The number of hydrogen-bond acceptors (Lipinski definition) is 4. The maximum absolute atomic E-state index is 12.1. The lowest BCUT2D eigenvalue weighted by Gasteiger charge is -2.19. The van der Waals surface area contributed by atoms with E-state index in [1.165, 1.54) is 11.8 Å². The number of carboxylic acids is 1. The summed E-state index contributed by atoms with van der Waals surface area (Å²) in [4.78, 5) is 26.8. The molecular weight excluding hydrogens is 250 g/mol. The third-order valence-electron chi connectivity index (χ3n) is 2.63. The van der Waals surface area contributed by atoms with Gasteiger partial charge in [-0.25, -0.2) is 0 Å². The van der Waals surface area contributed by atoms with Gasteiger partial charge in [0.2, 0.25) is 0 Å². The average molecular weight is 263 g/mol. The molecule has 94 valence electrons. The Bertz CT molecular complexity index is 472. The van der Waals surface area contributed by atoms with E-state index in [0.717, 1.165) is 0 Å². The van der Waals surface area contributed by atoms with Crippen LogP contribution >= 0.6 is 11.8 Å². The van der Waals surface area contributed by atoms with Gasteiger partial charge in [0.1, 0.15) is 5.25 Å². The molecule has 0 aromatic heterocycles. The molecule has 1 heterocycles. The molecule has 1 aliphatic rings. The van der Waals surface area contributed by atoms with Crippen LogP contribution in [0.2, 0.25) is 0 Å². The minimum atomic E-state index is -0.856. The number of thioether (sulfide) groups is 1. The van der Waals surface area contributed by atoms with Gasteiger partial charge >= 0.3 is 5.97 Å². The topological polar surface area (TPSA) is 66.7 Å². The molecule has 0 radical (unpaired) electrons. The zero-order chi connectivity index (χ0) is 13.0. The molecule has 0 bridgehead atoms. The van der Waals surface area contributed by atoms with E-state index in [1.807, 2.05) is 18.2 Å². The summed E-state index contributed by atoms with van der Waals surface area (Å²) in [5.74, 6) is -0.254. The molecule has 0 spiro atoms. The molecule has 0 aliphatic carbocycles. The molecule has 18 heavy (non-hydrogen) atoms. The normalized spacial score (nSPS) is 22.7. The van der Waals surface area contributed by atoms with Crippen molar-refractivity contribution in [2.24, 2.45) is 4.99 Å². The number of ketones is 1. The van der Waals surface area contributed by atoms with Crippen LogP contribution in [-0.2, 0) is 4.79 Å². The molecule has 2 rings (SSSR count). The van der Waals surface area contributed by atoms with Crippen LogP contribution in [0.15, 0.2) is 35.3 Å². The lowest BCUT2D eigenvalue weighted by molar-refractivity contribution is -0.137. The number of nitrogens with zero attached hydrogens (tertiary/aromatic N) is 1. The predicted molar refractivity (Wildman–Crippen MR) is 71.6 cm³/mol. The average Bonchev–Trinajstić information content (AvgIpc) is 2.39. The Kier molecular flexibility index (Phi) is 4.15. The third-order valence-corrected chi connectivity index (χ3v) is 3.90. The highest BCUT2D eigenvalue weighted by molar-refractivity contribution is 8.01. The second kappa shape index (κ2) is 5.82. The molecule has 5 heteroatoms. The van der Waals surface area contributed by atoms with Crippen molar-refractivity contribution in [1.82, 2.24) is 0 Å². The number of carboxylic acid groups (broad SMARTS) is 1. The number of carbonyl (C=O) groups excluding carboxylic acids is 1. The van der Waals surface area contributed by atoms with Gasteiger partial charge in [0.15, 0.2) is 5.78 Å². The van der Waals surface area contributed by atoms with E-state index in [2.05, 4.69) is 4.99 Å². The van der Waals surface area contributed by atoms with Crippen molar-refractivity contribution in [3.8, 4) is 0 Å². The quantitative estimate of drug-likeness (QED) is 0.842. The van der Waals surface area contributed by atoms with Gasteiger partial charge in [-0.3, -0.25) is 14.6 Å². The molecule has 0 saturated heterocycles. The number of Topliss-reactive ketones (excluding diaryl/α,β-unsaturated/α-hetero) is 1. The van der Waals surface area contributed by atoms with Gasteiger partial charge < -0.3 is 5.11 Å². The minimum absolute atomic E-state index is 0.0236. The van der Waals surface area contributed by atoms with E-state index < -0.39 is 5.97 Å². The monoisotopic (exact) mass is 263 g/mol. The summed E-state index contributed by atoms with van der Waals surface area (Å²) in [7, 11) is 0. The smallest absolute Gasteiger partial charge is 0.305 e. The second-order valence-corrected chi connectivity index (χ2v) is 5.21. The Labute approximate surface area is 109 Å². The Morgan fingerprint density at radius 3 is 2.61 bits per heavy atom. The zero-order valence-electron chi connectivity index (χ0n) is 9.65. The number of benzene rings is 1. The first-order valence-corrected chi connectivity index (χ1v) is 6.67. The zero-order valence-corrected chi connectivity index (χ0v) is 10.5. The van der Waals surface area contributed by atoms with Crippen LogP contribution in [0, 0.1) is 0 Å². The summed E-state index contributed by atoms with van der Waals surface area (Å²) in [6.07, 6.45) is 1.60. The molecule has 0 amide bonds. The first-order chi connectivity index (χ1) is 8.66. The standard InChI is InChI=1S/C13H13NO3S/c15-12(16)6-10-8-18-11(7-14-10)13(17)9-4-2-1-3-5-9/h1-5,7,10-11H,6,8H2,(H,15,16). The molecule has 1 aromatic rings. The molecular formula is C13H13NO3S. The van der Waals surface area contributed by atoms with Crippen molar-refractivity contribution >= 4 is 29.7 Å². The molecule has 1 N–H and O–H groups in total. The van der Waals surface area contributed by atoms with Gasteiger partial charge in [-0.2, -0.15) is 0 Å². The highest BCUT2D eigenvalue weighted by Gasteiger charge is 2.25. The first-order valence-electron chi connectivity index (χ1n) is 5.63. The van der Waals surface area contributed by atoms with Crippen LogP contribution in [-0.4, -0.2) is 40.1 Å². The number of carbonyl (C=O) groups is 2. The van der Waals surface area contributed by atoms with Gasteiger partial charge in [0.25, 0.3) is 0 Å². The molecule has 2 atom stereocenters. The Morgan fingerprint density at radius 2 is 2.06 bits per heavy atom. The Morgan fingerprint density at radius 1 is 1.33 bits per heavy atom. The molecule has 1 aliphatic heterocycles. The summed E-state index contributed by atoms with van der Waals surface area (Å²) in [6, 6.07) is 8.85. The molecule has 2 unspecified atom stereocenters. The number of rotatable bonds is 4. The molecule has 1 aromatic carbocycles. The largest absolute Gasteiger partial charge is 0.481 e. The summed E-state index contributed by atoms with van der Waals surface area (Å²) >= 11 is 1.45. The van der Waals surface area contributed by atoms with Crippen molar-refractivity contribution in [1.29, 1.82) is 0 Å². The lowest BCUT2D eigenvalue weighted by atomic mass is 10.1. The van der Waals surface area contributed by atoms with Crippen LogP contribution in [0.4, 0.5) is 0 Å². The summed E-state index contributed by atoms with van der Waals surface area (Å²) in [5.41, 5.74) is 0.665. The van der Waals surface area contributed by atoms with Crippen LogP contribution in [0.1, 0.15) is 16.8 Å². The maximum Gasteiger partial charge on any atom is 0.305 e. The van der Waals surface area contributed by atoms with Gasteiger partial charge in [0.05, 0.1) is 12.5 Å². The van der Waals surface area contributed by atoms with Crippen molar-refractivity contribution in [3.63, 3.8) is 0 Å². The highest BCUT2D eigenvalue weighted by Crippen LogP contribution is 2.22. The van der Waals surface area contributed by atoms with E-state index in [1.54, 1.807) is 18.3 Å². The fourth-order valence-corrected chi connectivity index (χ4v) is 2.80. The van der Waals surface area contributed by atoms with Crippen LogP contribution in [0.25, 0.3) is 0 Å². The highest BCUT2D eigenvalue weighted by atomic mass is 32.2. The van der Waals surface area contributed by atoms with E-state index in [4.69, 9.17) is 5.11 Å². The van der Waals surface area contributed by atoms with E-state index >= 15 is 0 Å². The molecule has 0 saturated carbocycles. The third kappa shape index (κ3) is 3.20. The van der Waals surface area contributed by atoms with Gasteiger partial charge in [0, 0.05) is 17.5 Å². The van der Waals surface area contributed by atoms with Crippen molar-refractivity contribution in [2.75, 3.05) is 5.75 Å². The number of hydrogen-bond donors (Lipinski definition) is 1. The summed E-state index contributed by atoms with van der Waals surface area (Å²) in [5, 5.41) is 8.37. The summed E-state index contributed by atoms with van der Waals surface area (Å²) < 4.78 is 0. The van der Waals surface area contributed by atoms with Crippen molar-refractivity contribution < 1.29 is 14.7 Å². The lowest BCUT2D eigenvalue weighted by Crippen LogP contribution is -2.28. The van der Waals surface area contributed by atoms with Crippen LogP contribution < -0.4 is 0 Å². The van der Waals surface area contributed by atoms with Crippen LogP contribution in [0.3, 0.4) is 0 Å². The van der Waals surface area contributed by atoms with E-state index in [0.29, 0.717) is 11.3 Å². The SMILES string of the molecule is O=C(O)CC1CSC(C(=O)c2ccccc2)C=N1. The predicted octanol–water partition coefficient (Wildman–Crippen LogP) is 1.90. The van der Waals surface area contributed by atoms with Gasteiger partial charge in [-0.15, -0.1) is 11.8 Å². The molecule has 0 fully saturated rings. The van der Waals surface area contributed by atoms with E-state index in [9.17, 15) is 9.59 Å². The van der Waals surface area contributed by atoms with Crippen molar-refractivity contribution in [2.45, 2.75) is 17.7 Å². The Balaban J connectivity index is 2.01. The van der Waals surface area contributed by atoms with Crippen molar-refractivity contribution in [3.05, 3.63) is 35.9 Å². The summed E-state index contributed by atoms with van der Waals surface area (Å²) in [6.45, 7) is 0.